The largest absolute Gasteiger partial charge is 0.464 e. The van der Waals surface area contributed by atoms with Crippen molar-refractivity contribution in [1.82, 2.24) is 10.2 Å². The molecule has 110 valence electrons. The van der Waals surface area contributed by atoms with E-state index in [1.54, 1.807) is 0 Å². The van der Waals surface area contributed by atoms with E-state index in [-0.39, 0.29) is 18.0 Å². The molecule has 0 atom stereocenters. The van der Waals surface area contributed by atoms with Gasteiger partial charge in [0.05, 0.1) is 25.4 Å². The fourth-order valence-electron chi connectivity index (χ4n) is 2.12. The molecule has 6 nitrogen and oxygen atoms in total. The molecule has 0 saturated carbocycles. The number of esters is 1. The lowest BCUT2D eigenvalue weighted by molar-refractivity contribution is -0.115. The monoisotopic (exact) mass is 287 g/mol. The van der Waals surface area contributed by atoms with Crippen LogP contribution >= 0.6 is 0 Å². The van der Waals surface area contributed by atoms with Gasteiger partial charge in [-0.2, -0.15) is 5.10 Å². The minimum Gasteiger partial charge on any atom is -0.464 e. The van der Waals surface area contributed by atoms with E-state index in [1.807, 2.05) is 32.0 Å². The fourth-order valence-corrected chi connectivity index (χ4v) is 2.12. The van der Waals surface area contributed by atoms with Crippen LogP contribution in [0.15, 0.2) is 24.4 Å². The second-order valence-electron chi connectivity index (χ2n) is 4.75. The number of aryl methyl sites for hydroxylation is 2. The first-order valence-electron chi connectivity index (χ1n) is 6.49. The Bertz CT molecular complexity index is 656. The molecule has 1 amide bonds. The SMILES string of the molecule is COC(=O)c1[nH]ncc1NC(=O)Cc1c(C)cccc1C. The maximum atomic E-state index is 12.1. The highest BCUT2D eigenvalue weighted by Crippen LogP contribution is 2.16. The van der Waals surface area contributed by atoms with Crippen LogP contribution in [0.1, 0.15) is 27.2 Å². The second kappa shape index (κ2) is 6.21. The van der Waals surface area contributed by atoms with E-state index in [4.69, 9.17) is 0 Å². The summed E-state index contributed by atoms with van der Waals surface area (Å²) < 4.78 is 4.61. The van der Waals surface area contributed by atoms with Crippen LogP contribution in [0.25, 0.3) is 0 Å². The molecule has 2 aromatic rings. The number of nitrogens with zero attached hydrogens (tertiary/aromatic N) is 1. The van der Waals surface area contributed by atoms with Gasteiger partial charge in [0.15, 0.2) is 5.69 Å². The Morgan fingerprint density at radius 1 is 1.29 bits per heavy atom. The van der Waals surface area contributed by atoms with Gasteiger partial charge in [0, 0.05) is 0 Å². The molecule has 1 aromatic heterocycles. The van der Waals surface area contributed by atoms with E-state index in [1.165, 1.54) is 13.3 Å². The van der Waals surface area contributed by atoms with Gasteiger partial charge in [0.1, 0.15) is 0 Å². The Morgan fingerprint density at radius 2 is 1.95 bits per heavy atom. The lowest BCUT2D eigenvalue weighted by Crippen LogP contribution is -2.17. The number of anilines is 1. The Kier molecular flexibility index (Phi) is 4.37. The van der Waals surface area contributed by atoms with Crippen molar-refractivity contribution < 1.29 is 14.3 Å². The third kappa shape index (κ3) is 3.28. The number of carbonyl (C=O) groups is 2. The maximum Gasteiger partial charge on any atom is 0.358 e. The molecule has 0 aliphatic heterocycles. The summed E-state index contributed by atoms with van der Waals surface area (Å²) in [7, 11) is 1.27. The molecule has 0 spiro atoms. The van der Waals surface area contributed by atoms with Crippen molar-refractivity contribution in [2.24, 2.45) is 0 Å². The third-order valence-electron chi connectivity index (χ3n) is 3.28. The number of amides is 1. The van der Waals surface area contributed by atoms with Gasteiger partial charge in [0.25, 0.3) is 0 Å². The lowest BCUT2D eigenvalue weighted by atomic mass is 10.00. The van der Waals surface area contributed by atoms with Gasteiger partial charge in [-0.3, -0.25) is 9.89 Å². The number of aromatic nitrogens is 2. The third-order valence-corrected chi connectivity index (χ3v) is 3.28. The summed E-state index contributed by atoms with van der Waals surface area (Å²) in [6.45, 7) is 3.93. The maximum absolute atomic E-state index is 12.1. The number of aromatic amines is 1. The predicted octanol–water partition coefficient (Wildman–Crippen LogP) is 1.99. The van der Waals surface area contributed by atoms with E-state index in [2.05, 4.69) is 20.3 Å². The molecule has 0 fully saturated rings. The lowest BCUT2D eigenvalue weighted by Gasteiger charge is -2.10. The highest BCUT2D eigenvalue weighted by atomic mass is 16.5. The van der Waals surface area contributed by atoms with Crippen LogP contribution in [0.3, 0.4) is 0 Å². The molecule has 2 N–H and O–H groups in total. The number of carbonyl (C=O) groups excluding carboxylic acids is 2. The van der Waals surface area contributed by atoms with Gasteiger partial charge in [0.2, 0.25) is 5.91 Å². The van der Waals surface area contributed by atoms with Gasteiger partial charge in [-0.15, -0.1) is 0 Å². The van der Waals surface area contributed by atoms with E-state index < -0.39 is 5.97 Å². The summed E-state index contributed by atoms with van der Waals surface area (Å²) >= 11 is 0. The number of ether oxygens (including phenoxy) is 1. The number of hydrogen-bond acceptors (Lipinski definition) is 4. The number of nitrogens with one attached hydrogen (secondary N) is 2. The first-order valence-corrected chi connectivity index (χ1v) is 6.49. The average molecular weight is 287 g/mol. The number of rotatable bonds is 4. The van der Waals surface area contributed by atoms with E-state index in [9.17, 15) is 9.59 Å². The smallest absolute Gasteiger partial charge is 0.358 e. The summed E-state index contributed by atoms with van der Waals surface area (Å²) in [4.78, 5) is 23.6. The minimum atomic E-state index is -0.574. The van der Waals surface area contributed by atoms with Crippen molar-refractivity contribution >= 4 is 17.6 Å². The zero-order valence-electron chi connectivity index (χ0n) is 12.2. The molecule has 1 heterocycles. The first-order chi connectivity index (χ1) is 10.0. The van der Waals surface area contributed by atoms with Gasteiger partial charge in [-0.25, -0.2) is 4.79 Å². The molecule has 0 bridgehead atoms. The summed E-state index contributed by atoms with van der Waals surface area (Å²) in [5, 5.41) is 8.93. The van der Waals surface area contributed by atoms with Crippen LogP contribution in [0.2, 0.25) is 0 Å². The van der Waals surface area contributed by atoms with Crippen molar-refractivity contribution in [1.29, 1.82) is 0 Å². The van der Waals surface area contributed by atoms with Crippen LogP contribution in [0.5, 0.6) is 0 Å². The summed E-state index contributed by atoms with van der Waals surface area (Å²) in [5.41, 5.74) is 3.56. The van der Waals surface area contributed by atoms with E-state index in [0.717, 1.165) is 16.7 Å². The number of H-pyrrole nitrogens is 1. The van der Waals surface area contributed by atoms with Gasteiger partial charge in [-0.05, 0) is 30.5 Å². The van der Waals surface area contributed by atoms with Crippen molar-refractivity contribution in [2.45, 2.75) is 20.3 Å². The molecule has 0 unspecified atom stereocenters. The van der Waals surface area contributed by atoms with Crippen molar-refractivity contribution in [3.63, 3.8) is 0 Å². The van der Waals surface area contributed by atoms with Crippen molar-refractivity contribution in [3.8, 4) is 0 Å². The molecule has 1 aromatic carbocycles. The molecule has 0 aliphatic rings. The molecular formula is C15H17N3O3. The number of benzene rings is 1. The Balaban J connectivity index is 2.13. The zero-order valence-corrected chi connectivity index (χ0v) is 12.2. The first kappa shape index (κ1) is 14.8. The van der Waals surface area contributed by atoms with Crippen LogP contribution in [0.4, 0.5) is 5.69 Å². The molecule has 6 heteroatoms. The van der Waals surface area contributed by atoms with E-state index in [0.29, 0.717) is 5.69 Å². The molecule has 21 heavy (non-hydrogen) atoms. The molecule has 0 radical (unpaired) electrons. The average Bonchev–Trinajstić information content (AvgIpc) is 2.90. The highest BCUT2D eigenvalue weighted by Gasteiger charge is 2.17. The van der Waals surface area contributed by atoms with Crippen LogP contribution in [-0.2, 0) is 16.0 Å². The fraction of sp³-hybridized carbons (Fsp3) is 0.267. The molecule has 0 saturated heterocycles. The van der Waals surface area contributed by atoms with E-state index >= 15 is 0 Å². The number of methoxy groups -OCH3 is 1. The van der Waals surface area contributed by atoms with Crippen LogP contribution in [0, 0.1) is 13.8 Å². The normalized spacial score (nSPS) is 10.2. The standard InChI is InChI=1S/C15H17N3O3/c1-9-5-4-6-10(2)11(9)7-13(19)17-12-8-16-18-14(12)15(20)21-3/h4-6,8H,7H2,1-3H3,(H,16,18)(H,17,19). The highest BCUT2D eigenvalue weighted by molar-refractivity contribution is 6.00. The summed E-state index contributed by atoms with van der Waals surface area (Å²) in [5.74, 6) is -0.783. The Hall–Kier alpha value is -2.63. The van der Waals surface area contributed by atoms with Crippen molar-refractivity contribution in [3.05, 3.63) is 46.8 Å². The topological polar surface area (TPSA) is 84.1 Å². The summed E-state index contributed by atoms with van der Waals surface area (Å²) in [6, 6.07) is 5.89. The van der Waals surface area contributed by atoms with Gasteiger partial charge < -0.3 is 10.1 Å². The Morgan fingerprint density at radius 3 is 2.57 bits per heavy atom. The molecular weight excluding hydrogens is 270 g/mol. The summed E-state index contributed by atoms with van der Waals surface area (Å²) in [6.07, 6.45) is 1.62. The van der Waals surface area contributed by atoms with Crippen molar-refractivity contribution in [2.75, 3.05) is 12.4 Å². The van der Waals surface area contributed by atoms with Crippen LogP contribution in [-0.4, -0.2) is 29.2 Å². The second-order valence-corrected chi connectivity index (χ2v) is 4.75. The van der Waals surface area contributed by atoms with Gasteiger partial charge in [-0.1, -0.05) is 18.2 Å². The molecule has 2 rings (SSSR count). The molecule has 0 aliphatic carbocycles. The minimum absolute atomic E-state index is 0.132. The van der Waals surface area contributed by atoms with Gasteiger partial charge >= 0.3 is 5.97 Å². The predicted molar refractivity (Wildman–Crippen MR) is 78.2 cm³/mol. The quantitative estimate of drug-likeness (QED) is 0.842. The van der Waals surface area contributed by atoms with Crippen LogP contribution < -0.4 is 5.32 Å². The number of hydrogen-bond donors (Lipinski definition) is 2. The Labute approximate surface area is 122 Å². The zero-order chi connectivity index (χ0) is 15.4.